The minimum Gasteiger partial charge on any atom is -0.478 e. The molecule has 2 atom stereocenters. The van der Waals surface area contributed by atoms with Gasteiger partial charge in [0.1, 0.15) is 6.10 Å². The van der Waals surface area contributed by atoms with Gasteiger partial charge in [-0.1, -0.05) is 6.07 Å². The zero-order chi connectivity index (χ0) is 16.9. The lowest BCUT2D eigenvalue weighted by molar-refractivity contribution is -0.119. The van der Waals surface area contributed by atoms with Gasteiger partial charge in [0.25, 0.3) is 0 Å². The van der Waals surface area contributed by atoms with Crippen LogP contribution in [0.5, 0.6) is 0 Å². The Balaban J connectivity index is 2.96. The fourth-order valence-electron chi connectivity index (χ4n) is 1.89. The van der Waals surface area contributed by atoms with Gasteiger partial charge in [0.15, 0.2) is 0 Å². The monoisotopic (exact) mass is 311 g/mol. The van der Waals surface area contributed by atoms with E-state index in [0.717, 1.165) is 18.2 Å². The second kappa shape index (κ2) is 7.53. The van der Waals surface area contributed by atoms with Crippen molar-refractivity contribution in [1.29, 1.82) is 0 Å². The van der Waals surface area contributed by atoms with Crippen molar-refractivity contribution in [3.63, 3.8) is 0 Å². The quantitative estimate of drug-likeness (QED) is 0.477. The summed E-state index contributed by atoms with van der Waals surface area (Å²) in [6.45, 7) is 1.42. The standard InChI is InChI=1S/C14H17NO7/c1-7(16)15-5-4-11(17)12(18)9-3-2-8(13(19)20)6-10(9)14(21)22/h2-3,6,11-12,17-18H,4-5H2,1H3,(H,15,16)(H,19,20)(H,21,22). The van der Waals surface area contributed by atoms with Gasteiger partial charge in [-0.25, -0.2) is 9.59 Å². The van der Waals surface area contributed by atoms with E-state index >= 15 is 0 Å². The minimum atomic E-state index is -1.51. The van der Waals surface area contributed by atoms with Crippen LogP contribution in [-0.2, 0) is 4.79 Å². The summed E-state index contributed by atoms with van der Waals surface area (Å²) in [7, 11) is 0. The van der Waals surface area contributed by atoms with Gasteiger partial charge in [-0.2, -0.15) is 0 Å². The molecule has 1 aromatic carbocycles. The number of hydrogen-bond acceptors (Lipinski definition) is 5. The molecule has 0 aromatic heterocycles. The van der Waals surface area contributed by atoms with Gasteiger partial charge in [-0.05, 0) is 24.1 Å². The molecule has 0 heterocycles. The normalized spacial score (nSPS) is 13.2. The van der Waals surface area contributed by atoms with Crippen molar-refractivity contribution in [3.8, 4) is 0 Å². The molecule has 120 valence electrons. The Morgan fingerprint density at radius 2 is 1.77 bits per heavy atom. The second-order valence-electron chi connectivity index (χ2n) is 4.70. The van der Waals surface area contributed by atoms with Crippen molar-refractivity contribution in [2.75, 3.05) is 6.54 Å². The molecule has 1 amide bonds. The fraction of sp³-hybridized carbons (Fsp3) is 0.357. The highest BCUT2D eigenvalue weighted by molar-refractivity contribution is 5.95. The molecule has 5 N–H and O–H groups in total. The molecule has 22 heavy (non-hydrogen) atoms. The van der Waals surface area contributed by atoms with Gasteiger partial charge in [-0.15, -0.1) is 0 Å². The van der Waals surface area contributed by atoms with Crippen LogP contribution in [0.3, 0.4) is 0 Å². The Labute approximate surface area is 126 Å². The van der Waals surface area contributed by atoms with Crippen LogP contribution in [0.1, 0.15) is 45.7 Å². The highest BCUT2D eigenvalue weighted by atomic mass is 16.4. The van der Waals surface area contributed by atoms with Gasteiger partial charge in [0.05, 0.1) is 17.2 Å². The van der Waals surface area contributed by atoms with E-state index in [2.05, 4.69) is 5.32 Å². The molecular formula is C14H17NO7. The van der Waals surface area contributed by atoms with Crippen molar-refractivity contribution >= 4 is 17.8 Å². The van der Waals surface area contributed by atoms with Crippen molar-refractivity contribution in [2.24, 2.45) is 0 Å². The van der Waals surface area contributed by atoms with E-state index in [4.69, 9.17) is 10.2 Å². The third-order valence-corrected chi connectivity index (χ3v) is 3.03. The number of aliphatic hydroxyl groups is 2. The number of carbonyl (C=O) groups excluding carboxylic acids is 1. The number of hydrogen-bond donors (Lipinski definition) is 5. The molecule has 0 saturated heterocycles. The Morgan fingerprint density at radius 1 is 1.14 bits per heavy atom. The summed E-state index contributed by atoms with van der Waals surface area (Å²) in [5.41, 5.74) is -0.722. The molecule has 0 radical (unpaired) electrons. The highest BCUT2D eigenvalue weighted by Crippen LogP contribution is 2.24. The third-order valence-electron chi connectivity index (χ3n) is 3.03. The van der Waals surface area contributed by atoms with Crippen LogP contribution < -0.4 is 5.32 Å². The molecule has 0 bridgehead atoms. The Kier molecular flexibility index (Phi) is 6.02. The number of amides is 1. The zero-order valence-corrected chi connectivity index (χ0v) is 11.8. The summed E-state index contributed by atoms with van der Waals surface area (Å²) in [5.74, 6) is -3.00. The van der Waals surface area contributed by atoms with Gasteiger partial charge in [0.2, 0.25) is 5.91 Å². The van der Waals surface area contributed by atoms with Gasteiger partial charge in [0, 0.05) is 13.5 Å². The number of carboxylic acids is 2. The molecule has 1 aromatic rings. The SMILES string of the molecule is CC(=O)NCCC(O)C(O)c1ccc(C(=O)O)cc1C(=O)O. The van der Waals surface area contributed by atoms with Crippen molar-refractivity contribution < 1.29 is 34.8 Å². The number of rotatable bonds is 7. The van der Waals surface area contributed by atoms with E-state index in [1.807, 2.05) is 0 Å². The Bertz CT molecular complexity index is 585. The van der Waals surface area contributed by atoms with Crippen LogP contribution in [0.25, 0.3) is 0 Å². The minimum absolute atomic E-state index is 0.0144. The van der Waals surface area contributed by atoms with E-state index in [9.17, 15) is 24.6 Å². The third kappa shape index (κ3) is 4.54. The molecule has 2 unspecified atom stereocenters. The Morgan fingerprint density at radius 3 is 2.27 bits per heavy atom. The van der Waals surface area contributed by atoms with E-state index in [-0.39, 0.29) is 30.0 Å². The first-order chi connectivity index (χ1) is 10.2. The second-order valence-corrected chi connectivity index (χ2v) is 4.70. The maximum Gasteiger partial charge on any atom is 0.336 e. The molecule has 0 spiro atoms. The van der Waals surface area contributed by atoms with Gasteiger partial charge in [-0.3, -0.25) is 4.79 Å². The molecule has 0 aliphatic rings. The summed E-state index contributed by atoms with van der Waals surface area (Å²) in [5, 5.41) is 40.3. The summed E-state index contributed by atoms with van der Waals surface area (Å²) in [6.07, 6.45) is -2.80. The van der Waals surface area contributed by atoms with Crippen LogP contribution in [0, 0.1) is 0 Å². The number of carbonyl (C=O) groups is 3. The van der Waals surface area contributed by atoms with E-state index in [0.29, 0.717) is 0 Å². The average molecular weight is 311 g/mol. The fourth-order valence-corrected chi connectivity index (χ4v) is 1.89. The zero-order valence-electron chi connectivity index (χ0n) is 11.8. The van der Waals surface area contributed by atoms with Gasteiger partial charge >= 0.3 is 11.9 Å². The van der Waals surface area contributed by atoms with Crippen LogP contribution in [0.4, 0.5) is 0 Å². The summed E-state index contributed by atoms with van der Waals surface area (Å²) in [6, 6.07) is 3.22. The predicted molar refractivity (Wildman–Crippen MR) is 74.6 cm³/mol. The largest absolute Gasteiger partial charge is 0.478 e. The number of benzene rings is 1. The average Bonchev–Trinajstić information content (AvgIpc) is 2.45. The maximum atomic E-state index is 11.2. The van der Waals surface area contributed by atoms with Gasteiger partial charge < -0.3 is 25.7 Å². The lowest BCUT2D eigenvalue weighted by atomic mass is 9.95. The number of aliphatic hydroxyl groups excluding tert-OH is 2. The van der Waals surface area contributed by atoms with Crippen molar-refractivity contribution in [3.05, 3.63) is 34.9 Å². The lowest BCUT2D eigenvalue weighted by Gasteiger charge is -2.20. The van der Waals surface area contributed by atoms with Crippen LogP contribution >= 0.6 is 0 Å². The van der Waals surface area contributed by atoms with E-state index in [1.54, 1.807) is 0 Å². The molecule has 0 saturated carbocycles. The number of nitrogens with one attached hydrogen (secondary N) is 1. The van der Waals surface area contributed by atoms with Crippen molar-refractivity contribution in [1.82, 2.24) is 5.32 Å². The molecule has 0 fully saturated rings. The topological polar surface area (TPSA) is 144 Å². The summed E-state index contributed by atoms with van der Waals surface area (Å²) < 4.78 is 0. The number of aromatic carboxylic acids is 2. The molecule has 0 aliphatic heterocycles. The molecule has 1 rings (SSSR count). The molecule has 8 heteroatoms. The van der Waals surface area contributed by atoms with Crippen molar-refractivity contribution in [2.45, 2.75) is 25.6 Å². The smallest absolute Gasteiger partial charge is 0.336 e. The van der Waals surface area contributed by atoms with Crippen LogP contribution in [0.15, 0.2) is 18.2 Å². The molecular weight excluding hydrogens is 294 g/mol. The summed E-state index contributed by atoms with van der Waals surface area (Å²) >= 11 is 0. The first kappa shape index (κ1) is 17.6. The first-order valence-electron chi connectivity index (χ1n) is 6.45. The summed E-state index contributed by atoms with van der Waals surface area (Å²) in [4.78, 5) is 32.8. The van der Waals surface area contributed by atoms with E-state index < -0.39 is 29.7 Å². The van der Waals surface area contributed by atoms with Crippen LogP contribution in [-0.4, -0.2) is 50.9 Å². The maximum absolute atomic E-state index is 11.2. The lowest BCUT2D eigenvalue weighted by Crippen LogP contribution is -2.28. The molecule has 8 nitrogen and oxygen atoms in total. The highest BCUT2D eigenvalue weighted by Gasteiger charge is 2.24. The first-order valence-corrected chi connectivity index (χ1v) is 6.45. The number of carboxylic acid groups (broad SMARTS) is 2. The van der Waals surface area contributed by atoms with E-state index in [1.165, 1.54) is 6.92 Å². The molecule has 0 aliphatic carbocycles. The predicted octanol–water partition coefficient (Wildman–Crippen LogP) is 0.00350. The van der Waals surface area contributed by atoms with Crippen LogP contribution in [0.2, 0.25) is 0 Å². The Hall–Kier alpha value is -2.45.